The zero-order valence-corrected chi connectivity index (χ0v) is 9.67. The smallest absolute Gasteiger partial charge is 0.0998 e. The van der Waals surface area contributed by atoms with Crippen molar-refractivity contribution in [1.82, 2.24) is 4.68 Å². The Morgan fingerprint density at radius 3 is 2.33 bits per heavy atom. The number of nitrogens with one attached hydrogen (secondary N) is 1. The topological polar surface area (TPSA) is 40.8 Å². The fraction of sp³-hybridized carbons (Fsp3) is 0. The quantitative estimate of drug-likeness (QED) is 0.737. The van der Waals surface area contributed by atoms with E-state index in [0.717, 1.165) is 16.5 Å². The lowest BCUT2D eigenvalue weighted by molar-refractivity contribution is 0.974. The molecule has 0 atom stereocenters. The molecule has 18 heavy (non-hydrogen) atoms. The Morgan fingerprint density at radius 1 is 0.889 bits per heavy atom. The molecule has 0 fully saturated rings. The standard InChI is InChI=1S/C15H11N3/c16-11-12-7-8-15(17-18-9-3-4-10-18)14-6-2-1-5-13(12)14/h1-10,17H. The highest BCUT2D eigenvalue weighted by atomic mass is 15.4. The van der Waals surface area contributed by atoms with E-state index >= 15 is 0 Å². The molecule has 0 radical (unpaired) electrons. The van der Waals surface area contributed by atoms with Crippen molar-refractivity contribution in [3.8, 4) is 6.07 Å². The average Bonchev–Trinajstić information content (AvgIpc) is 2.92. The second-order valence-corrected chi connectivity index (χ2v) is 4.02. The lowest BCUT2D eigenvalue weighted by Crippen LogP contribution is -2.06. The summed E-state index contributed by atoms with van der Waals surface area (Å²) in [5.41, 5.74) is 4.97. The van der Waals surface area contributed by atoms with Crippen LogP contribution in [0.5, 0.6) is 0 Å². The zero-order valence-electron chi connectivity index (χ0n) is 9.67. The number of rotatable bonds is 2. The van der Waals surface area contributed by atoms with Gasteiger partial charge in [0.2, 0.25) is 0 Å². The first-order chi connectivity index (χ1) is 8.88. The monoisotopic (exact) mass is 233 g/mol. The normalized spacial score (nSPS) is 10.2. The average molecular weight is 233 g/mol. The second kappa shape index (κ2) is 4.27. The maximum Gasteiger partial charge on any atom is 0.0998 e. The molecule has 1 aromatic heterocycles. The summed E-state index contributed by atoms with van der Waals surface area (Å²) in [5, 5.41) is 11.1. The van der Waals surface area contributed by atoms with Gasteiger partial charge in [0.1, 0.15) is 0 Å². The van der Waals surface area contributed by atoms with Crippen molar-refractivity contribution in [3.63, 3.8) is 0 Å². The van der Waals surface area contributed by atoms with Gasteiger partial charge in [-0.15, -0.1) is 0 Å². The van der Waals surface area contributed by atoms with Crippen LogP contribution in [0.4, 0.5) is 5.69 Å². The molecule has 0 saturated carbocycles. The number of aromatic nitrogens is 1. The lowest BCUT2D eigenvalue weighted by Gasteiger charge is -2.11. The summed E-state index contributed by atoms with van der Waals surface area (Å²) in [6.07, 6.45) is 3.87. The minimum atomic E-state index is 0.698. The molecule has 0 spiro atoms. The van der Waals surface area contributed by atoms with Crippen molar-refractivity contribution in [2.24, 2.45) is 0 Å². The van der Waals surface area contributed by atoms with Gasteiger partial charge in [0.15, 0.2) is 0 Å². The van der Waals surface area contributed by atoms with E-state index in [2.05, 4.69) is 11.5 Å². The van der Waals surface area contributed by atoms with Gasteiger partial charge in [-0.2, -0.15) is 5.26 Å². The van der Waals surface area contributed by atoms with Gasteiger partial charge in [-0.25, -0.2) is 0 Å². The number of benzene rings is 2. The minimum absolute atomic E-state index is 0.698. The fourth-order valence-electron chi connectivity index (χ4n) is 2.04. The minimum Gasteiger partial charge on any atom is -0.294 e. The van der Waals surface area contributed by atoms with Gasteiger partial charge < -0.3 is 0 Å². The van der Waals surface area contributed by atoms with Gasteiger partial charge in [0.25, 0.3) is 0 Å². The van der Waals surface area contributed by atoms with Crippen molar-refractivity contribution in [3.05, 3.63) is 66.5 Å². The molecule has 3 nitrogen and oxygen atoms in total. The highest BCUT2D eigenvalue weighted by Crippen LogP contribution is 2.26. The molecule has 0 aliphatic carbocycles. The Hall–Kier alpha value is -2.73. The number of anilines is 1. The summed E-state index contributed by atoms with van der Waals surface area (Å²) in [7, 11) is 0. The van der Waals surface area contributed by atoms with Gasteiger partial charge in [-0.05, 0) is 24.3 Å². The Bertz CT molecular complexity index is 721. The molecule has 2 aromatic carbocycles. The van der Waals surface area contributed by atoms with Crippen molar-refractivity contribution in [2.45, 2.75) is 0 Å². The fourth-order valence-corrected chi connectivity index (χ4v) is 2.04. The van der Waals surface area contributed by atoms with Crippen LogP contribution in [0, 0.1) is 11.3 Å². The number of nitriles is 1. The van der Waals surface area contributed by atoms with E-state index in [0.29, 0.717) is 5.56 Å². The molecule has 0 bridgehead atoms. The molecule has 0 saturated heterocycles. The van der Waals surface area contributed by atoms with Crippen LogP contribution in [0.2, 0.25) is 0 Å². The van der Waals surface area contributed by atoms with Crippen LogP contribution in [0.3, 0.4) is 0 Å². The van der Waals surface area contributed by atoms with E-state index in [4.69, 9.17) is 5.26 Å². The molecule has 3 rings (SSSR count). The molecule has 3 heteroatoms. The third-order valence-corrected chi connectivity index (χ3v) is 2.90. The third-order valence-electron chi connectivity index (χ3n) is 2.90. The Balaban J connectivity index is 2.16. The van der Waals surface area contributed by atoms with E-state index in [9.17, 15) is 0 Å². The second-order valence-electron chi connectivity index (χ2n) is 4.02. The van der Waals surface area contributed by atoms with Crippen molar-refractivity contribution in [1.29, 1.82) is 5.26 Å². The zero-order chi connectivity index (χ0) is 12.4. The summed E-state index contributed by atoms with van der Waals surface area (Å²) in [6, 6.07) is 17.8. The first kappa shape index (κ1) is 10.4. The predicted molar refractivity (Wildman–Crippen MR) is 72.1 cm³/mol. The van der Waals surface area contributed by atoms with Gasteiger partial charge in [0, 0.05) is 23.2 Å². The van der Waals surface area contributed by atoms with Crippen LogP contribution in [-0.2, 0) is 0 Å². The van der Waals surface area contributed by atoms with E-state index in [1.807, 2.05) is 65.6 Å². The van der Waals surface area contributed by atoms with Crippen LogP contribution in [0.1, 0.15) is 5.56 Å². The third kappa shape index (κ3) is 1.70. The largest absolute Gasteiger partial charge is 0.294 e. The molecular formula is C15H11N3. The Morgan fingerprint density at radius 2 is 1.61 bits per heavy atom. The van der Waals surface area contributed by atoms with Crippen LogP contribution >= 0.6 is 0 Å². The molecule has 86 valence electrons. The Labute approximate surface area is 105 Å². The number of hydrogen-bond donors (Lipinski definition) is 1. The number of fused-ring (bicyclic) bond motifs is 1. The van der Waals surface area contributed by atoms with Gasteiger partial charge in [0.05, 0.1) is 17.3 Å². The summed E-state index contributed by atoms with van der Waals surface area (Å²) in [6.45, 7) is 0. The number of hydrogen-bond acceptors (Lipinski definition) is 2. The summed E-state index contributed by atoms with van der Waals surface area (Å²) in [5.74, 6) is 0. The first-order valence-electron chi connectivity index (χ1n) is 5.70. The molecule has 0 unspecified atom stereocenters. The number of nitrogens with zero attached hydrogens (tertiary/aromatic N) is 2. The molecule has 1 heterocycles. The van der Waals surface area contributed by atoms with Crippen LogP contribution in [-0.4, -0.2) is 4.68 Å². The van der Waals surface area contributed by atoms with E-state index in [-0.39, 0.29) is 0 Å². The highest BCUT2D eigenvalue weighted by molar-refractivity contribution is 5.97. The van der Waals surface area contributed by atoms with Gasteiger partial charge >= 0.3 is 0 Å². The van der Waals surface area contributed by atoms with Crippen molar-refractivity contribution >= 4 is 16.5 Å². The Kier molecular flexibility index (Phi) is 2.47. The summed E-state index contributed by atoms with van der Waals surface area (Å²) >= 11 is 0. The SMILES string of the molecule is N#Cc1ccc(Nn2cccc2)c2ccccc12. The van der Waals surface area contributed by atoms with Crippen LogP contribution in [0.15, 0.2) is 60.9 Å². The van der Waals surface area contributed by atoms with Crippen LogP contribution in [0.25, 0.3) is 10.8 Å². The maximum atomic E-state index is 9.11. The van der Waals surface area contributed by atoms with Crippen LogP contribution < -0.4 is 5.43 Å². The molecule has 0 amide bonds. The molecule has 0 aliphatic rings. The first-order valence-corrected chi connectivity index (χ1v) is 5.70. The highest BCUT2D eigenvalue weighted by Gasteiger charge is 2.04. The summed E-state index contributed by atoms with van der Waals surface area (Å²) < 4.78 is 1.88. The maximum absolute atomic E-state index is 9.11. The lowest BCUT2D eigenvalue weighted by atomic mass is 10.0. The molecular weight excluding hydrogens is 222 g/mol. The predicted octanol–water partition coefficient (Wildman–Crippen LogP) is 3.39. The molecule has 3 aromatic rings. The van der Waals surface area contributed by atoms with Crippen molar-refractivity contribution in [2.75, 3.05) is 5.43 Å². The van der Waals surface area contributed by atoms with E-state index in [1.165, 1.54) is 0 Å². The molecule has 1 N–H and O–H groups in total. The van der Waals surface area contributed by atoms with E-state index < -0.39 is 0 Å². The summed E-state index contributed by atoms with van der Waals surface area (Å²) in [4.78, 5) is 0. The van der Waals surface area contributed by atoms with Crippen molar-refractivity contribution < 1.29 is 0 Å². The van der Waals surface area contributed by atoms with Gasteiger partial charge in [-0.1, -0.05) is 24.3 Å². The van der Waals surface area contributed by atoms with Gasteiger partial charge in [-0.3, -0.25) is 10.1 Å². The molecule has 0 aliphatic heterocycles. The van der Waals surface area contributed by atoms with E-state index in [1.54, 1.807) is 0 Å².